The van der Waals surface area contributed by atoms with E-state index in [2.05, 4.69) is 19.9 Å². The SMILES string of the molecule is Nc1nc(N2CCCC2c2nc3cccc(Cl)c3c(=O)n2-c2ccccc2)c2ncsc2n1. The highest BCUT2D eigenvalue weighted by Gasteiger charge is 2.34. The molecule has 2 aromatic carbocycles. The van der Waals surface area contributed by atoms with Gasteiger partial charge in [-0.25, -0.2) is 15.0 Å². The fourth-order valence-corrected chi connectivity index (χ4v) is 5.42. The number of para-hydroxylation sites is 1. The quantitative estimate of drug-likeness (QED) is 0.413. The summed E-state index contributed by atoms with van der Waals surface area (Å²) in [5, 5.41) is 0.793. The standard InChI is InChI=1S/C23H18ClN7OS/c24-14-8-4-9-15-17(14)22(32)31(13-6-2-1-3-7-13)19(27-15)16-10-5-11-30(16)20-18-21(33-12-26-18)29-23(25)28-20/h1-4,6-9,12,16H,5,10-11H2,(H2,25,28,29). The largest absolute Gasteiger partial charge is 0.368 e. The summed E-state index contributed by atoms with van der Waals surface area (Å²) in [5.41, 5.74) is 9.58. The number of nitrogen functional groups attached to an aromatic ring is 1. The molecule has 6 rings (SSSR count). The fourth-order valence-electron chi connectivity index (χ4n) is 4.51. The maximum Gasteiger partial charge on any atom is 0.267 e. The summed E-state index contributed by atoms with van der Waals surface area (Å²) in [6.45, 7) is 0.742. The van der Waals surface area contributed by atoms with E-state index in [9.17, 15) is 4.79 Å². The number of fused-ring (bicyclic) bond motifs is 2. The van der Waals surface area contributed by atoms with Crippen LogP contribution >= 0.6 is 22.9 Å². The van der Waals surface area contributed by atoms with Crippen molar-refractivity contribution in [2.45, 2.75) is 18.9 Å². The Kier molecular flexibility index (Phi) is 4.74. The first-order valence-corrected chi connectivity index (χ1v) is 11.8. The first-order chi connectivity index (χ1) is 16.1. The van der Waals surface area contributed by atoms with Gasteiger partial charge in [0.15, 0.2) is 10.6 Å². The lowest BCUT2D eigenvalue weighted by Crippen LogP contribution is -2.32. The third-order valence-corrected chi connectivity index (χ3v) is 6.94. The lowest BCUT2D eigenvalue weighted by molar-refractivity contribution is 0.634. The summed E-state index contributed by atoms with van der Waals surface area (Å²) in [4.78, 5) is 34.9. The smallest absolute Gasteiger partial charge is 0.267 e. The molecule has 10 heteroatoms. The van der Waals surface area contributed by atoms with Gasteiger partial charge < -0.3 is 10.6 Å². The second kappa shape index (κ2) is 7.79. The Hall–Kier alpha value is -3.56. The van der Waals surface area contributed by atoms with Gasteiger partial charge in [-0.15, -0.1) is 11.3 Å². The van der Waals surface area contributed by atoms with E-state index in [1.54, 1.807) is 16.1 Å². The number of rotatable bonds is 3. The van der Waals surface area contributed by atoms with E-state index in [4.69, 9.17) is 22.3 Å². The molecule has 0 aliphatic carbocycles. The van der Waals surface area contributed by atoms with E-state index >= 15 is 0 Å². The van der Waals surface area contributed by atoms with Gasteiger partial charge in [0, 0.05) is 6.54 Å². The molecule has 0 bridgehead atoms. The van der Waals surface area contributed by atoms with Crippen molar-refractivity contribution in [1.82, 2.24) is 24.5 Å². The number of aromatic nitrogens is 5. The van der Waals surface area contributed by atoms with E-state index in [1.807, 2.05) is 42.5 Å². The summed E-state index contributed by atoms with van der Waals surface area (Å²) in [6.07, 6.45) is 1.72. The number of halogens is 1. The molecule has 1 aliphatic heterocycles. The zero-order valence-corrected chi connectivity index (χ0v) is 18.9. The van der Waals surface area contributed by atoms with Gasteiger partial charge in [0.05, 0.1) is 33.2 Å². The van der Waals surface area contributed by atoms with Crippen LogP contribution in [-0.2, 0) is 0 Å². The molecule has 5 aromatic rings. The normalized spacial score (nSPS) is 16.2. The molecule has 0 amide bonds. The molecule has 1 unspecified atom stereocenters. The zero-order valence-electron chi connectivity index (χ0n) is 17.3. The molecular weight excluding hydrogens is 458 g/mol. The molecule has 3 aromatic heterocycles. The highest BCUT2D eigenvalue weighted by molar-refractivity contribution is 7.16. The molecule has 1 fully saturated rings. The first-order valence-electron chi connectivity index (χ1n) is 10.5. The lowest BCUT2D eigenvalue weighted by atomic mass is 10.1. The van der Waals surface area contributed by atoms with Gasteiger partial charge >= 0.3 is 0 Å². The maximum absolute atomic E-state index is 13.8. The molecule has 1 aliphatic rings. The average Bonchev–Trinajstić information content (AvgIpc) is 3.48. The number of nitrogens with two attached hydrogens (primary N) is 1. The number of hydrogen-bond acceptors (Lipinski definition) is 8. The van der Waals surface area contributed by atoms with Gasteiger partial charge in [-0.1, -0.05) is 35.9 Å². The number of thiazole rings is 1. The van der Waals surface area contributed by atoms with Crippen LogP contribution in [0.3, 0.4) is 0 Å². The van der Waals surface area contributed by atoms with E-state index < -0.39 is 0 Å². The summed E-state index contributed by atoms with van der Waals surface area (Å²) in [7, 11) is 0. The molecule has 0 radical (unpaired) electrons. The Morgan fingerprint density at radius 2 is 1.91 bits per heavy atom. The van der Waals surface area contributed by atoms with Gasteiger partial charge in [0.25, 0.3) is 5.56 Å². The number of anilines is 2. The van der Waals surface area contributed by atoms with Crippen LogP contribution in [-0.4, -0.2) is 31.0 Å². The molecule has 2 N–H and O–H groups in total. The van der Waals surface area contributed by atoms with Crippen molar-refractivity contribution >= 4 is 56.0 Å². The molecule has 1 atom stereocenters. The van der Waals surface area contributed by atoms with Crippen LogP contribution in [0.4, 0.5) is 11.8 Å². The number of nitrogens with zero attached hydrogens (tertiary/aromatic N) is 6. The Labute approximate surface area is 197 Å². The van der Waals surface area contributed by atoms with E-state index in [1.165, 1.54) is 11.3 Å². The third kappa shape index (κ3) is 3.23. The summed E-state index contributed by atoms with van der Waals surface area (Å²) in [5.74, 6) is 1.51. The van der Waals surface area contributed by atoms with Crippen LogP contribution in [0.15, 0.2) is 58.8 Å². The predicted octanol–water partition coefficient (Wildman–Crippen LogP) is 4.36. The first kappa shape index (κ1) is 20.1. The summed E-state index contributed by atoms with van der Waals surface area (Å²) < 4.78 is 1.67. The van der Waals surface area contributed by atoms with Gasteiger partial charge in [0.2, 0.25) is 5.95 Å². The Morgan fingerprint density at radius 1 is 1.06 bits per heavy atom. The van der Waals surface area contributed by atoms with E-state index in [-0.39, 0.29) is 17.5 Å². The maximum atomic E-state index is 13.8. The molecule has 33 heavy (non-hydrogen) atoms. The van der Waals surface area contributed by atoms with Crippen molar-refractivity contribution in [1.29, 1.82) is 0 Å². The van der Waals surface area contributed by atoms with Crippen LogP contribution < -0.4 is 16.2 Å². The summed E-state index contributed by atoms with van der Waals surface area (Å²) >= 11 is 7.85. The fraction of sp³-hybridized carbons (Fsp3) is 0.174. The van der Waals surface area contributed by atoms with Gasteiger partial charge in [-0.05, 0) is 37.1 Å². The van der Waals surface area contributed by atoms with Gasteiger partial charge in [-0.3, -0.25) is 9.36 Å². The van der Waals surface area contributed by atoms with E-state index in [0.717, 1.165) is 29.9 Å². The highest BCUT2D eigenvalue weighted by atomic mass is 35.5. The minimum Gasteiger partial charge on any atom is -0.368 e. The Morgan fingerprint density at radius 3 is 2.76 bits per heavy atom. The molecule has 164 valence electrons. The Bertz CT molecular complexity index is 1570. The lowest BCUT2D eigenvalue weighted by Gasteiger charge is -2.27. The number of hydrogen-bond donors (Lipinski definition) is 1. The molecule has 0 saturated carbocycles. The zero-order chi connectivity index (χ0) is 22.5. The highest BCUT2D eigenvalue weighted by Crippen LogP contribution is 2.38. The van der Waals surface area contributed by atoms with Crippen LogP contribution in [0.1, 0.15) is 24.7 Å². The molecule has 0 spiro atoms. The minimum atomic E-state index is -0.195. The van der Waals surface area contributed by atoms with Crippen molar-refractivity contribution < 1.29 is 0 Å². The monoisotopic (exact) mass is 475 g/mol. The van der Waals surface area contributed by atoms with Gasteiger partial charge in [-0.2, -0.15) is 4.98 Å². The predicted molar refractivity (Wildman–Crippen MR) is 131 cm³/mol. The van der Waals surface area contributed by atoms with Crippen molar-refractivity contribution in [3.63, 3.8) is 0 Å². The van der Waals surface area contributed by atoms with Crippen molar-refractivity contribution in [2.24, 2.45) is 0 Å². The van der Waals surface area contributed by atoms with Crippen molar-refractivity contribution in [3.8, 4) is 5.69 Å². The van der Waals surface area contributed by atoms with Crippen molar-refractivity contribution in [3.05, 3.63) is 75.2 Å². The molecule has 1 saturated heterocycles. The second-order valence-corrected chi connectivity index (χ2v) is 9.08. The molecular formula is C23H18ClN7OS. The number of benzene rings is 2. The minimum absolute atomic E-state index is 0.194. The van der Waals surface area contributed by atoms with Crippen LogP contribution in [0.25, 0.3) is 26.9 Å². The average molecular weight is 476 g/mol. The summed E-state index contributed by atoms with van der Waals surface area (Å²) in [6, 6.07) is 14.7. The second-order valence-electron chi connectivity index (χ2n) is 7.84. The van der Waals surface area contributed by atoms with Crippen LogP contribution in [0, 0.1) is 0 Å². The van der Waals surface area contributed by atoms with Gasteiger partial charge in [0.1, 0.15) is 11.3 Å². The molecule has 4 heterocycles. The van der Waals surface area contributed by atoms with Crippen LogP contribution in [0.5, 0.6) is 0 Å². The van der Waals surface area contributed by atoms with E-state index in [0.29, 0.717) is 33.1 Å². The topological polar surface area (TPSA) is 103 Å². The Balaban J connectivity index is 1.62. The molecule has 8 nitrogen and oxygen atoms in total. The third-order valence-electron chi connectivity index (χ3n) is 5.91. The van der Waals surface area contributed by atoms with Crippen LogP contribution in [0.2, 0.25) is 5.02 Å². The van der Waals surface area contributed by atoms with Crippen molar-refractivity contribution in [2.75, 3.05) is 17.2 Å².